The highest BCUT2D eigenvalue weighted by Gasteiger charge is 2.28. The fraction of sp³-hybridized carbons (Fsp3) is 0.217. The Bertz CT molecular complexity index is 944. The number of para-hydroxylation sites is 1. The van der Waals surface area contributed by atoms with Crippen molar-refractivity contribution in [1.29, 1.82) is 0 Å². The van der Waals surface area contributed by atoms with Crippen LogP contribution in [0.5, 0.6) is 11.5 Å². The fourth-order valence-electron chi connectivity index (χ4n) is 3.39. The van der Waals surface area contributed by atoms with E-state index in [-0.39, 0.29) is 17.7 Å². The molecule has 1 saturated heterocycles. The Kier molecular flexibility index (Phi) is 5.61. The minimum Gasteiger partial charge on any atom is -0.472 e. The van der Waals surface area contributed by atoms with Crippen LogP contribution in [0.3, 0.4) is 0 Å². The first-order chi connectivity index (χ1) is 14.2. The summed E-state index contributed by atoms with van der Waals surface area (Å²) in [5.74, 6) is 1.30. The Hall–Kier alpha value is -3.54. The van der Waals surface area contributed by atoms with Gasteiger partial charge in [-0.05, 0) is 55.3 Å². The summed E-state index contributed by atoms with van der Waals surface area (Å²) in [6, 6.07) is 18.5. The van der Waals surface area contributed by atoms with Gasteiger partial charge in [0.25, 0.3) is 5.91 Å². The van der Waals surface area contributed by atoms with E-state index in [0.29, 0.717) is 37.2 Å². The Morgan fingerprint density at radius 2 is 1.62 bits per heavy atom. The Balaban J connectivity index is 1.28. The lowest BCUT2D eigenvalue weighted by molar-refractivity contribution is -0.121. The van der Waals surface area contributed by atoms with Crippen LogP contribution in [0.2, 0.25) is 0 Å². The third kappa shape index (κ3) is 4.66. The highest BCUT2D eigenvalue weighted by Crippen LogP contribution is 2.24. The van der Waals surface area contributed by atoms with Gasteiger partial charge in [0.15, 0.2) is 0 Å². The van der Waals surface area contributed by atoms with E-state index in [4.69, 9.17) is 9.15 Å². The summed E-state index contributed by atoms with van der Waals surface area (Å²) in [5, 5.41) is 2.96. The van der Waals surface area contributed by atoms with Crippen LogP contribution in [-0.4, -0.2) is 29.8 Å². The second kappa shape index (κ2) is 8.65. The number of ether oxygens (including phenoxy) is 1. The topological polar surface area (TPSA) is 71.8 Å². The van der Waals surface area contributed by atoms with Gasteiger partial charge in [0.1, 0.15) is 17.8 Å². The zero-order valence-electron chi connectivity index (χ0n) is 15.9. The van der Waals surface area contributed by atoms with Crippen LogP contribution >= 0.6 is 0 Å². The van der Waals surface area contributed by atoms with E-state index in [9.17, 15) is 9.59 Å². The van der Waals surface area contributed by atoms with Gasteiger partial charge in [-0.1, -0.05) is 18.2 Å². The number of furan rings is 1. The van der Waals surface area contributed by atoms with Crippen molar-refractivity contribution in [3.8, 4) is 11.5 Å². The lowest BCUT2D eigenvalue weighted by Crippen LogP contribution is -2.41. The number of hydrogen-bond acceptors (Lipinski definition) is 4. The third-order valence-electron chi connectivity index (χ3n) is 5.02. The van der Waals surface area contributed by atoms with E-state index in [0.717, 1.165) is 11.4 Å². The quantitative estimate of drug-likeness (QED) is 0.693. The molecule has 0 saturated carbocycles. The fourth-order valence-corrected chi connectivity index (χ4v) is 3.39. The van der Waals surface area contributed by atoms with Gasteiger partial charge < -0.3 is 19.4 Å². The first-order valence-corrected chi connectivity index (χ1v) is 9.64. The maximum absolute atomic E-state index is 12.6. The van der Waals surface area contributed by atoms with Crippen molar-refractivity contribution in [2.24, 2.45) is 5.92 Å². The van der Waals surface area contributed by atoms with Gasteiger partial charge in [0.05, 0.1) is 11.8 Å². The molecule has 0 atom stereocenters. The molecule has 1 aliphatic rings. The lowest BCUT2D eigenvalue weighted by Gasteiger charge is -2.31. The summed E-state index contributed by atoms with van der Waals surface area (Å²) in [6.07, 6.45) is 4.23. The lowest BCUT2D eigenvalue weighted by atomic mass is 9.95. The molecule has 2 amide bonds. The average molecular weight is 390 g/mol. The summed E-state index contributed by atoms with van der Waals surface area (Å²) in [6.45, 7) is 1.12. The van der Waals surface area contributed by atoms with Crippen LogP contribution in [-0.2, 0) is 4.79 Å². The largest absolute Gasteiger partial charge is 0.472 e. The van der Waals surface area contributed by atoms with E-state index in [2.05, 4.69) is 5.32 Å². The molecule has 2 heterocycles. The molecular weight excluding hydrogens is 368 g/mol. The summed E-state index contributed by atoms with van der Waals surface area (Å²) < 4.78 is 10.7. The summed E-state index contributed by atoms with van der Waals surface area (Å²) in [4.78, 5) is 26.7. The van der Waals surface area contributed by atoms with E-state index in [1.807, 2.05) is 54.6 Å². The highest BCUT2D eigenvalue weighted by atomic mass is 16.5. The van der Waals surface area contributed by atoms with E-state index >= 15 is 0 Å². The predicted molar refractivity (Wildman–Crippen MR) is 109 cm³/mol. The number of anilines is 1. The van der Waals surface area contributed by atoms with Crippen molar-refractivity contribution >= 4 is 17.5 Å². The molecule has 3 aromatic rings. The van der Waals surface area contributed by atoms with Crippen molar-refractivity contribution in [3.63, 3.8) is 0 Å². The van der Waals surface area contributed by atoms with Gasteiger partial charge >= 0.3 is 0 Å². The van der Waals surface area contributed by atoms with E-state index in [1.54, 1.807) is 11.0 Å². The highest BCUT2D eigenvalue weighted by molar-refractivity contribution is 5.95. The third-order valence-corrected chi connectivity index (χ3v) is 5.02. The van der Waals surface area contributed by atoms with Crippen LogP contribution in [0.15, 0.2) is 77.6 Å². The normalized spacial score (nSPS) is 14.4. The van der Waals surface area contributed by atoms with E-state index in [1.165, 1.54) is 12.5 Å². The van der Waals surface area contributed by atoms with Crippen molar-refractivity contribution < 1.29 is 18.7 Å². The van der Waals surface area contributed by atoms with Crippen LogP contribution in [0, 0.1) is 5.92 Å². The molecule has 6 heteroatoms. The maximum atomic E-state index is 12.6. The van der Waals surface area contributed by atoms with Crippen molar-refractivity contribution in [3.05, 3.63) is 78.8 Å². The number of hydrogen-bond donors (Lipinski definition) is 1. The van der Waals surface area contributed by atoms with Crippen molar-refractivity contribution in [2.45, 2.75) is 12.8 Å². The summed E-state index contributed by atoms with van der Waals surface area (Å²) >= 11 is 0. The van der Waals surface area contributed by atoms with Crippen LogP contribution in [0.1, 0.15) is 23.2 Å². The molecular formula is C23H22N2O4. The molecule has 0 aliphatic carbocycles. The number of piperidine rings is 1. The Labute approximate surface area is 169 Å². The van der Waals surface area contributed by atoms with Crippen LogP contribution < -0.4 is 10.1 Å². The summed E-state index contributed by atoms with van der Waals surface area (Å²) in [5.41, 5.74) is 1.28. The van der Waals surface area contributed by atoms with Gasteiger partial charge in [-0.25, -0.2) is 0 Å². The molecule has 1 N–H and O–H groups in total. The molecule has 0 radical (unpaired) electrons. The van der Waals surface area contributed by atoms with Gasteiger partial charge in [0.2, 0.25) is 5.91 Å². The second-order valence-corrected chi connectivity index (χ2v) is 7.01. The molecule has 0 spiro atoms. The molecule has 1 fully saturated rings. The Morgan fingerprint density at radius 3 is 2.28 bits per heavy atom. The number of carbonyl (C=O) groups excluding carboxylic acids is 2. The van der Waals surface area contributed by atoms with Crippen LogP contribution in [0.25, 0.3) is 0 Å². The zero-order valence-corrected chi connectivity index (χ0v) is 15.9. The smallest absolute Gasteiger partial charge is 0.257 e. The first-order valence-electron chi connectivity index (χ1n) is 9.64. The van der Waals surface area contributed by atoms with Gasteiger partial charge in [-0.15, -0.1) is 0 Å². The molecule has 1 aromatic heterocycles. The number of likely N-dealkylation sites (tertiary alicyclic amines) is 1. The average Bonchev–Trinajstić information content (AvgIpc) is 3.30. The van der Waals surface area contributed by atoms with Gasteiger partial charge in [-0.3, -0.25) is 9.59 Å². The van der Waals surface area contributed by atoms with Crippen molar-refractivity contribution in [2.75, 3.05) is 18.4 Å². The minimum atomic E-state index is -0.108. The number of nitrogens with one attached hydrogen (secondary N) is 1. The van der Waals surface area contributed by atoms with Crippen molar-refractivity contribution in [1.82, 2.24) is 4.90 Å². The molecule has 148 valence electrons. The number of carbonyl (C=O) groups is 2. The molecule has 6 nitrogen and oxygen atoms in total. The zero-order chi connectivity index (χ0) is 20.1. The minimum absolute atomic E-state index is 0.0165. The van der Waals surface area contributed by atoms with Gasteiger partial charge in [0, 0.05) is 24.7 Å². The second-order valence-electron chi connectivity index (χ2n) is 7.01. The van der Waals surface area contributed by atoms with Gasteiger partial charge in [-0.2, -0.15) is 0 Å². The predicted octanol–water partition coefficient (Wildman–Crippen LogP) is 4.56. The molecule has 4 rings (SSSR count). The molecule has 0 bridgehead atoms. The molecule has 2 aromatic carbocycles. The maximum Gasteiger partial charge on any atom is 0.257 e. The van der Waals surface area contributed by atoms with E-state index < -0.39 is 0 Å². The first kappa shape index (κ1) is 18.8. The number of benzene rings is 2. The molecule has 1 aliphatic heterocycles. The SMILES string of the molecule is O=C(Nc1ccc(Oc2ccccc2)cc1)C1CCN(C(=O)c2ccoc2)CC1. The number of rotatable bonds is 5. The number of amides is 2. The number of nitrogens with zero attached hydrogens (tertiary/aromatic N) is 1. The summed E-state index contributed by atoms with van der Waals surface area (Å²) in [7, 11) is 0. The monoisotopic (exact) mass is 390 g/mol. The standard InChI is InChI=1S/C23H22N2O4/c26-22(17-10-13-25(14-11-17)23(27)18-12-15-28-16-18)24-19-6-8-21(9-7-19)29-20-4-2-1-3-5-20/h1-9,12,15-17H,10-11,13-14H2,(H,24,26). The molecule has 29 heavy (non-hydrogen) atoms. The Morgan fingerprint density at radius 1 is 0.931 bits per heavy atom. The van der Waals surface area contributed by atoms with Crippen LogP contribution in [0.4, 0.5) is 5.69 Å². The molecule has 0 unspecified atom stereocenters.